The summed E-state index contributed by atoms with van der Waals surface area (Å²) < 4.78 is 25.5. The monoisotopic (exact) mass is 424 g/mol. The summed E-state index contributed by atoms with van der Waals surface area (Å²) in [5.74, 6) is 0.0406. The maximum atomic E-state index is 12.6. The van der Waals surface area contributed by atoms with Gasteiger partial charge in [0.1, 0.15) is 0 Å². The summed E-state index contributed by atoms with van der Waals surface area (Å²) in [6.07, 6.45) is 2.32. The van der Waals surface area contributed by atoms with Crippen molar-refractivity contribution in [3.63, 3.8) is 0 Å². The summed E-state index contributed by atoms with van der Waals surface area (Å²) in [5.41, 5.74) is 2.88. The van der Waals surface area contributed by atoms with Crippen molar-refractivity contribution in [1.29, 1.82) is 5.26 Å². The zero-order valence-corrected chi connectivity index (χ0v) is 17.4. The second-order valence-electron chi connectivity index (χ2n) is 7.68. The van der Waals surface area contributed by atoms with Crippen molar-refractivity contribution in [2.45, 2.75) is 25.3 Å². The molecule has 4 rings (SSSR count). The number of piperidine rings is 1. The first-order valence-electron chi connectivity index (χ1n) is 10.1. The zero-order valence-electron chi connectivity index (χ0n) is 16.6. The van der Waals surface area contributed by atoms with Gasteiger partial charge in [-0.2, -0.15) is 5.26 Å². The lowest BCUT2D eigenvalue weighted by Gasteiger charge is -2.34. The standard InChI is InChI=1S/C22H24N4O3S/c23-16-17-2-6-20(7-3-17)25-13-10-19(11-14-25)24-22(27)18-4-8-21(9-5-18)26-12-1-15-30(26,28)29/h2-9,19H,1,10-15H2,(H,24,27). The largest absolute Gasteiger partial charge is 0.371 e. The normalized spacial score (nSPS) is 18.8. The molecule has 0 radical (unpaired) electrons. The van der Waals surface area contributed by atoms with Crippen molar-refractivity contribution >= 4 is 27.3 Å². The van der Waals surface area contributed by atoms with E-state index in [0.29, 0.717) is 29.8 Å². The topological polar surface area (TPSA) is 93.5 Å². The Morgan fingerprint density at radius 3 is 2.17 bits per heavy atom. The van der Waals surface area contributed by atoms with Gasteiger partial charge in [0.05, 0.1) is 23.1 Å². The predicted octanol–water partition coefficient (Wildman–Crippen LogP) is 2.50. The van der Waals surface area contributed by atoms with Crippen LogP contribution in [0.15, 0.2) is 48.5 Å². The van der Waals surface area contributed by atoms with E-state index in [-0.39, 0.29) is 17.7 Å². The third-order valence-electron chi connectivity index (χ3n) is 5.71. The van der Waals surface area contributed by atoms with Gasteiger partial charge in [0, 0.05) is 36.9 Å². The molecule has 2 saturated heterocycles. The van der Waals surface area contributed by atoms with Crippen LogP contribution in [0.3, 0.4) is 0 Å². The maximum absolute atomic E-state index is 12.6. The molecule has 8 heteroatoms. The minimum atomic E-state index is -3.22. The van der Waals surface area contributed by atoms with Gasteiger partial charge in [0.2, 0.25) is 10.0 Å². The van der Waals surface area contributed by atoms with Crippen molar-refractivity contribution < 1.29 is 13.2 Å². The van der Waals surface area contributed by atoms with Gasteiger partial charge < -0.3 is 10.2 Å². The number of anilines is 2. The Balaban J connectivity index is 1.32. The fourth-order valence-electron chi connectivity index (χ4n) is 4.01. The van der Waals surface area contributed by atoms with Crippen LogP contribution < -0.4 is 14.5 Å². The zero-order chi connectivity index (χ0) is 21.1. The summed E-state index contributed by atoms with van der Waals surface area (Å²) in [6.45, 7) is 2.16. The van der Waals surface area contributed by atoms with E-state index >= 15 is 0 Å². The molecule has 0 aliphatic carbocycles. The Morgan fingerprint density at radius 1 is 0.967 bits per heavy atom. The van der Waals surface area contributed by atoms with Crippen LogP contribution in [0.2, 0.25) is 0 Å². The molecule has 0 atom stereocenters. The molecule has 2 aliphatic heterocycles. The molecule has 30 heavy (non-hydrogen) atoms. The van der Waals surface area contributed by atoms with Crippen molar-refractivity contribution in [3.05, 3.63) is 59.7 Å². The van der Waals surface area contributed by atoms with Crippen LogP contribution >= 0.6 is 0 Å². The van der Waals surface area contributed by atoms with Gasteiger partial charge in [-0.15, -0.1) is 0 Å². The second kappa shape index (κ2) is 8.36. The molecule has 0 unspecified atom stereocenters. The molecule has 2 heterocycles. The summed E-state index contributed by atoms with van der Waals surface area (Å²) in [7, 11) is -3.22. The summed E-state index contributed by atoms with van der Waals surface area (Å²) in [4.78, 5) is 14.9. The molecule has 2 aromatic rings. The van der Waals surface area contributed by atoms with Gasteiger partial charge in [-0.3, -0.25) is 9.10 Å². The van der Waals surface area contributed by atoms with Gasteiger partial charge in [0.25, 0.3) is 5.91 Å². The lowest BCUT2D eigenvalue weighted by molar-refractivity contribution is 0.0931. The third-order valence-corrected chi connectivity index (χ3v) is 7.58. The van der Waals surface area contributed by atoms with E-state index < -0.39 is 10.0 Å². The van der Waals surface area contributed by atoms with Crippen LogP contribution in [-0.2, 0) is 10.0 Å². The van der Waals surface area contributed by atoms with Crippen LogP contribution in [0.25, 0.3) is 0 Å². The van der Waals surface area contributed by atoms with Crippen molar-refractivity contribution in [2.75, 3.05) is 34.6 Å². The number of hydrogen-bond donors (Lipinski definition) is 1. The third kappa shape index (κ3) is 4.26. The van der Waals surface area contributed by atoms with Gasteiger partial charge in [-0.1, -0.05) is 0 Å². The van der Waals surface area contributed by atoms with Crippen LogP contribution in [0.1, 0.15) is 35.2 Å². The molecular weight excluding hydrogens is 400 g/mol. The molecular formula is C22H24N4O3S. The number of carbonyl (C=O) groups excluding carboxylic acids is 1. The minimum Gasteiger partial charge on any atom is -0.371 e. The van der Waals surface area contributed by atoms with E-state index in [1.54, 1.807) is 24.3 Å². The highest BCUT2D eigenvalue weighted by molar-refractivity contribution is 7.93. The molecule has 0 saturated carbocycles. The Morgan fingerprint density at radius 2 is 1.60 bits per heavy atom. The highest BCUT2D eigenvalue weighted by Crippen LogP contribution is 2.24. The summed E-state index contributed by atoms with van der Waals surface area (Å²) >= 11 is 0. The number of hydrogen-bond acceptors (Lipinski definition) is 5. The van der Waals surface area contributed by atoms with Crippen molar-refractivity contribution in [3.8, 4) is 6.07 Å². The van der Waals surface area contributed by atoms with Crippen LogP contribution in [0.5, 0.6) is 0 Å². The number of benzene rings is 2. The maximum Gasteiger partial charge on any atom is 0.251 e. The van der Waals surface area contributed by atoms with Gasteiger partial charge >= 0.3 is 0 Å². The van der Waals surface area contributed by atoms with E-state index in [1.807, 2.05) is 24.3 Å². The Bertz CT molecular complexity index is 1050. The number of nitrogens with one attached hydrogen (secondary N) is 1. The first kappa shape index (κ1) is 20.2. The number of rotatable bonds is 4. The SMILES string of the molecule is N#Cc1ccc(N2CCC(NC(=O)c3ccc(N4CCCS4(=O)=O)cc3)CC2)cc1. The molecule has 2 aliphatic rings. The lowest BCUT2D eigenvalue weighted by atomic mass is 10.0. The van der Waals surface area contributed by atoms with Gasteiger partial charge in [-0.25, -0.2) is 8.42 Å². The number of nitrogens with zero attached hydrogens (tertiary/aromatic N) is 3. The van der Waals surface area contributed by atoms with Crippen molar-refractivity contribution in [1.82, 2.24) is 5.32 Å². The number of nitriles is 1. The molecule has 7 nitrogen and oxygen atoms in total. The Hall–Kier alpha value is -3.05. The van der Waals surface area contributed by atoms with Crippen molar-refractivity contribution in [2.24, 2.45) is 0 Å². The van der Waals surface area contributed by atoms with E-state index in [9.17, 15) is 13.2 Å². The molecule has 0 aromatic heterocycles. The van der Waals surface area contributed by atoms with Gasteiger partial charge in [0.15, 0.2) is 0 Å². The Kier molecular flexibility index (Phi) is 5.64. The van der Waals surface area contributed by atoms with E-state index in [1.165, 1.54) is 4.31 Å². The number of sulfonamides is 1. The molecule has 2 aromatic carbocycles. The molecule has 2 fully saturated rings. The van der Waals surface area contributed by atoms with Gasteiger partial charge in [-0.05, 0) is 67.8 Å². The minimum absolute atomic E-state index is 0.103. The average Bonchev–Trinajstić information content (AvgIpc) is 3.13. The van der Waals surface area contributed by atoms with E-state index in [2.05, 4.69) is 16.3 Å². The molecule has 0 spiro atoms. The highest BCUT2D eigenvalue weighted by Gasteiger charge is 2.28. The summed E-state index contributed by atoms with van der Waals surface area (Å²) in [6, 6.07) is 16.6. The quantitative estimate of drug-likeness (QED) is 0.814. The predicted molar refractivity (Wildman–Crippen MR) is 116 cm³/mol. The fourth-order valence-corrected chi connectivity index (χ4v) is 5.57. The highest BCUT2D eigenvalue weighted by atomic mass is 32.2. The number of carbonyl (C=O) groups is 1. The first-order chi connectivity index (χ1) is 14.5. The summed E-state index contributed by atoms with van der Waals surface area (Å²) in [5, 5.41) is 12.0. The Labute approximate surface area is 177 Å². The molecule has 1 amide bonds. The lowest BCUT2D eigenvalue weighted by Crippen LogP contribution is -2.44. The van der Waals surface area contributed by atoms with Crippen LogP contribution in [0, 0.1) is 11.3 Å². The van der Waals surface area contributed by atoms with E-state index in [0.717, 1.165) is 31.6 Å². The second-order valence-corrected chi connectivity index (χ2v) is 9.69. The van der Waals surface area contributed by atoms with E-state index in [4.69, 9.17) is 5.26 Å². The molecule has 0 bridgehead atoms. The first-order valence-corrected chi connectivity index (χ1v) is 11.7. The smallest absolute Gasteiger partial charge is 0.251 e. The average molecular weight is 425 g/mol. The van der Waals surface area contributed by atoms with Crippen LogP contribution in [0.4, 0.5) is 11.4 Å². The number of amides is 1. The molecule has 1 N–H and O–H groups in total. The fraction of sp³-hybridized carbons (Fsp3) is 0.364. The molecule has 156 valence electrons. The van der Waals surface area contributed by atoms with Crippen LogP contribution in [-0.4, -0.2) is 45.8 Å².